The highest BCUT2D eigenvalue weighted by atomic mass is 32.2. The van der Waals surface area contributed by atoms with Crippen molar-refractivity contribution >= 4 is 26.7 Å². The smallest absolute Gasteiger partial charge is 0.216 e. The van der Waals surface area contributed by atoms with E-state index in [4.69, 9.17) is 4.74 Å². The fourth-order valence-corrected chi connectivity index (χ4v) is 3.99. The van der Waals surface area contributed by atoms with Gasteiger partial charge < -0.3 is 4.74 Å². The fraction of sp³-hybridized carbons (Fsp3) is 0.136. The molecule has 0 spiro atoms. The van der Waals surface area contributed by atoms with Crippen LogP contribution in [-0.4, -0.2) is 15.0 Å². The van der Waals surface area contributed by atoms with Crippen LogP contribution in [0.1, 0.15) is 18.1 Å². The number of ether oxygens (including phenoxy) is 1. The Morgan fingerprint density at radius 3 is 2.44 bits per heavy atom. The first-order valence-electron chi connectivity index (χ1n) is 8.55. The Bertz CT molecular complexity index is 1150. The van der Waals surface area contributed by atoms with Crippen molar-refractivity contribution in [1.82, 2.24) is 0 Å². The molecule has 0 aliphatic rings. The third-order valence-corrected chi connectivity index (χ3v) is 5.92. The van der Waals surface area contributed by atoms with Crippen LogP contribution >= 0.6 is 0 Å². The van der Waals surface area contributed by atoms with Gasteiger partial charge in [0.15, 0.2) is 0 Å². The van der Waals surface area contributed by atoms with Crippen molar-refractivity contribution in [2.45, 2.75) is 18.7 Å². The lowest BCUT2D eigenvalue weighted by molar-refractivity contribution is 0.340. The van der Waals surface area contributed by atoms with Crippen LogP contribution in [0.4, 0.5) is 0 Å². The van der Waals surface area contributed by atoms with Gasteiger partial charge in [0.1, 0.15) is 16.7 Å². The Morgan fingerprint density at radius 2 is 1.78 bits per heavy atom. The molecule has 0 aliphatic heterocycles. The van der Waals surface area contributed by atoms with E-state index in [1.807, 2.05) is 50.2 Å². The Labute approximate surface area is 159 Å². The van der Waals surface area contributed by atoms with Gasteiger partial charge in [-0.2, -0.15) is 5.26 Å². The Morgan fingerprint density at radius 1 is 1.07 bits per heavy atom. The molecular formula is C22H19NO3S. The predicted octanol–water partition coefficient (Wildman–Crippen LogP) is 4.89. The van der Waals surface area contributed by atoms with Gasteiger partial charge in [0.2, 0.25) is 9.84 Å². The first kappa shape index (κ1) is 18.7. The maximum absolute atomic E-state index is 13.0. The maximum Gasteiger partial charge on any atom is 0.216 e. The van der Waals surface area contributed by atoms with Crippen molar-refractivity contribution in [3.05, 3.63) is 76.7 Å². The van der Waals surface area contributed by atoms with Crippen molar-refractivity contribution in [3.8, 4) is 11.8 Å². The van der Waals surface area contributed by atoms with E-state index in [0.717, 1.165) is 16.3 Å². The fourth-order valence-electron chi connectivity index (χ4n) is 2.85. The number of rotatable bonds is 5. The molecule has 27 heavy (non-hydrogen) atoms. The van der Waals surface area contributed by atoms with Crippen LogP contribution < -0.4 is 4.74 Å². The topological polar surface area (TPSA) is 67.2 Å². The molecule has 136 valence electrons. The van der Waals surface area contributed by atoms with Gasteiger partial charge in [-0.3, -0.25) is 0 Å². The van der Waals surface area contributed by atoms with Crippen LogP contribution in [0, 0.1) is 18.3 Å². The number of hydrogen-bond acceptors (Lipinski definition) is 4. The van der Waals surface area contributed by atoms with Crippen molar-refractivity contribution in [1.29, 1.82) is 5.26 Å². The summed E-state index contributed by atoms with van der Waals surface area (Å²) < 4.78 is 31.6. The normalized spacial score (nSPS) is 12.0. The van der Waals surface area contributed by atoms with Crippen molar-refractivity contribution < 1.29 is 13.2 Å². The number of fused-ring (bicyclic) bond motifs is 1. The van der Waals surface area contributed by atoms with Crippen molar-refractivity contribution in [2.75, 3.05) is 6.61 Å². The molecule has 3 aromatic carbocycles. The number of nitriles is 1. The Kier molecular flexibility index (Phi) is 5.29. The summed E-state index contributed by atoms with van der Waals surface area (Å²) in [7, 11) is -3.92. The molecule has 0 unspecified atom stereocenters. The molecule has 0 amide bonds. The Hall–Kier alpha value is -3.10. The van der Waals surface area contributed by atoms with Gasteiger partial charge in [-0.05, 0) is 48.9 Å². The molecule has 4 nitrogen and oxygen atoms in total. The average molecular weight is 377 g/mol. The van der Waals surface area contributed by atoms with Gasteiger partial charge in [-0.1, -0.05) is 48.0 Å². The van der Waals surface area contributed by atoms with Gasteiger partial charge >= 0.3 is 0 Å². The summed E-state index contributed by atoms with van der Waals surface area (Å²) in [6, 6.07) is 19.6. The van der Waals surface area contributed by atoms with Crippen LogP contribution in [0.3, 0.4) is 0 Å². The summed E-state index contributed by atoms with van der Waals surface area (Å²) in [6.07, 6.45) is 1.41. The first-order valence-corrected chi connectivity index (χ1v) is 10.0. The number of aryl methyl sites for hydroxylation is 1. The second-order valence-electron chi connectivity index (χ2n) is 6.07. The third-order valence-electron chi connectivity index (χ3n) is 4.24. The van der Waals surface area contributed by atoms with Crippen LogP contribution in [0.2, 0.25) is 0 Å². The predicted molar refractivity (Wildman–Crippen MR) is 107 cm³/mol. The van der Waals surface area contributed by atoms with Crippen molar-refractivity contribution in [3.63, 3.8) is 0 Å². The molecule has 0 N–H and O–H groups in total. The van der Waals surface area contributed by atoms with E-state index < -0.39 is 9.84 Å². The highest BCUT2D eigenvalue weighted by Gasteiger charge is 2.22. The molecule has 0 atom stereocenters. The lowest BCUT2D eigenvalue weighted by atomic mass is 10.0. The highest BCUT2D eigenvalue weighted by molar-refractivity contribution is 7.95. The van der Waals surface area contributed by atoms with E-state index in [1.54, 1.807) is 18.2 Å². The summed E-state index contributed by atoms with van der Waals surface area (Å²) in [5.74, 6) is 0.544. The van der Waals surface area contributed by atoms with Crippen LogP contribution in [0.5, 0.6) is 5.75 Å². The molecule has 0 bridgehead atoms. The van der Waals surface area contributed by atoms with Gasteiger partial charge in [-0.25, -0.2) is 8.42 Å². The zero-order valence-corrected chi connectivity index (χ0v) is 16.0. The van der Waals surface area contributed by atoms with Gasteiger partial charge in [-0.15, -0.1) is 0 Å². The summed E-state index contributed by atoms with van der Waals surface area (Å²) >= 11 is 0. The third kappa shape index (κ3) is 3.71. The molecular weight excluding hydrogens is 358 g/mol. The second-order valence-corrected chi connectivity index (χ2v) is 7.99. The first-order chi connectivity index (χ1) is 13.0. The quantitative estimate of drug-likeness (QED) is 0.594. The van der Waals surface area contributed by atoms with Crippen LogP contribution in [-0.2, 0) is 9.84 Å². The van der Waals surface area contributed by atoms with Crippen LogP contribution in [0.25, 0.3) is 16.8 Å². The summed E-state index contributed by atoms with van der Waals surface area (Å²) in [4.78, 5) is -0.220. The number of allylic oxidation sites excluding steroid dienone is 1. The number of benzene rings is 3. The molecule has 5 heteroatoms. The van der Waals surface area contributed by atoms with Crippen LogP contribution in [0.15, 0.2) is 70.5 Å². The monoisotopic (exact) mass is 377 g/mol. The molecule has 3 aromatic rings. The van der Waals surface area contributed by atoms with E-state index >= 15 is 0 Å². The Balaban J connectivity index is 2.23. The molecule has 0 aliphatic carbocycles. The zero-order valence-electron chi connectivity index (χ0n) is 15.1. The summed E-state index contributed by atoms with van der Waals surface area (Å²) in [6.45, 7) is 4.17. The van der Waals surface area contributed by atoms with E-state index in [2.05, 4.69) is 0 Å². The molecule has 0 fully saturated rings. The lowest BCUT2D eigenvalue weighted by Gasteiger charge is -2.11. The number of sulfone groups is 1. The minimum Gasteiger partial charge on any atom is -0.493 e. The van der Waals surface area contributed by atoms with Crippen molar-refractivity contribution in [2.24, 2.45) is 0 Å². The minimum absolute atomic E-state index is 0.0964. The standard InChI is InChI=1S/C22H19NO3S/c1-3-26-22-13-10-17-6-4-5-7-20(17)21(22)14-19(15-23)27(24,25)18-11-8-16(2)9-12-18/h4-14H,3H2,1-2H3. The minimum atomic E-state index is -3.92. The van der Waals surface area contributed by atoms with Gasteiger partial charge in [0, 0.05) is 5.56 Å². The van der Waals surface area contributed by atoms with Gasteiger partial charge in [0.25, 0.3) is 0 Å². The molecule has 0 heterocycles. The van der Waals surface area contributed by atoms with E-state index in [1.165, 1.54) is 18.2 Å². The second kappa shape index (κ2) is 7.65. The van der Waals surface area contributed by atoms with E-state index in [0.29, 0.717) is 17.9 Å². The highest BCUT2D eigenvalue weighted by Crippen LogP contribution is 2.32. The maximum atomic E-state index is 13.0. The molecule has 0 saturated heterocycles. The number of hydrogen-bond donors (Lipinski definition) is 0. The molecule has 3 rings (SSSR count). The van der Waals surface area contributed by atoms with E-state index in [9.17, 15) is 13.7 Å². The van der Waals surface area contributed by atoms with Gasteiger partial charge in [0.05, 0.1) is 11.5 Å². The zero-order chi connectivity index (χ0) is 19.4. The SMILES string of the molecule is CCOc1ccc2ccccc2c1C=C(C#N)S(=O)(=O)c1ccc(C)cc1. The summed E-state index contributed by atoms with van der Waals surface area (Å²) in [5.41, 5.74) is 1.53. The average Bonchev–Trinajstić information content (AvgIpc) is 2.67. The largest absolute Gasteiger partial charge is 0.493 e. The molecule has 0 aromatic heterocycles. The lowest BCUT2D eigenvalue weighted by Crippen LogP contribution is -2.04. The van der Waals surface area contributed by atoms with E-state index in [-0.39, 0.29) is 9.80 Å². The molecule has 0 saturated carbocycles. The summed E-state index contributed by atoms with van der Waals surface area (Å²) in [5, 5.41) is 11.4. The number of nitrogens with zero attached hydrogens (tertiary/aromatic N) is 1. The molecule has 0 radical (unpaired) electrons.